The third-order valence-electron chi connectivity index (χ3n) is 5.13. The van der Waals surface area contributed by atoms with Gasteiger partial charge in [-0.2, -0.15) is 0 Å². The van der Waals surface area contributed by atoms with Crippen LogP contribution in [0.2, 0.25) is 0 Å². The van der Waals surface area contributed by atoms with Crippen LogP contribution in [-0.2, 0) is 11.3 Å². The zero-order valence-electron chi connectivity index (χ0n) is 15.2. The van der Waals surface area contributed by atoms with Crippen LogP contribution in [0.25, 0.3) is 10.2 Å². The van der Waals surface area contributed by atoms with E-state index in [4.69, 9.17) is 9.47 Å². The van der Waals surface area contributed by atoms with Gasteiger partial charge in [0, 0.05) is 36.4 Å². The van der Waals surface area contributed by atoms with E-state index in [1.165, 1.54) is 10.5 Å². The first-order valence-corrected chi connectivity index (χ1v) is 9.83. The van der Waals surface area contributed by atoms with E-state index in [0.29, 0.717) is 11.5 Å². The van der Waals surface area contributed by atoms with Gasteiger partial charge in [0.15, 0.2) is 0 Å². The van der Waals surface area contributed by atoms with Crippen molar-refractivity contribution < 1.29 is 14.3 Å². The lowest BCUT2D eigenvalue weighted by Gasteiger charge is -2.23. The molecule has 3 heterocycles. The Bertz CT molecular complexity index is 917. The Morgan fingerprint density at radius 1 is 1.23 bits per heavy atom. The van der Waals surface area contributed by atoms with Crippen molar-refractivity contribution >= 4 is 27.3 Å². The molecule has 0 atom stereocenters. The van der Waals surface area contributed by atoms with Crippen molar-refractivity contribution in [3.05, 3.63) is 52.5 Å². The van der Waals surface area contributed by atoms with Gasteiger partial charge in [0.1, 0.15) is 10.6 Å². The van der Waals surface area contributed by atoms with Crippen LogP contribution in [0.1, 0.15) is 33.8 Å². The van der Waals surface area contributed by atoms with Crippen LogP contribution in [0.5, 0.6) is 5.75 Å². The van der Waals surface area contributed by atoms with Crippen LogP contribution < -0.4 is 4.74 Å². The normalized spacial score (nSPS) is 15.5. The summed E-state index contributed by atoms with van der Waals surface area (Å²) in [4.78, 5) is 14.8. The first kappa shape index (κ1) is 17.3. The number of hydrogen-bond acceptors (Lipinski definition) is 4. The number of benzene rings is 1. The number of methoxy groups -OCH3 is 1. The number of carbonyl (C=O) groups excluding carboxylic acids is 1. The minimum atomic E-state index is 0.0733. The molecule has 0 bridgehead atoms. The molecule has 5 heteroatoms. The molecule has 26 heavy (non-hydrogen) atoms. The molecule has 0 unspecified atom stereocenters. The van der Waals surface area contributed by atoms with E-state index in [0.717, 1.165) is 48.6 Å². The number of fused-ring (bicyclic) bond motifs is 1. The summed E-state index contributed by atoms with van der Waals surface area (Å²) in [7, 11) is 1.63. The van der Waals surface area contributed by atoms with Gasteiger partial charge in [-0.15, -0.1) is 11.3 Å². The topological polar surface area (TPSA) is 40.5 Å². The molecule has 0 aliphatic carbocycles. The Labute approximate surface area is 157 Å². The second-order valence-electron chi connectivity index (χ2n) is 6.88. The van der Waals surface area contributed by atoms with Crippen molar-refractivity contribution in [3.8, 4) is 5.75 Å². The molecular weight excluding hydrogens is 346 g/mol. The molecule has 1 aliphatic heterocycles. The number of hydrogen-bond donors (Lipinski definition) is 0. The van der Waals surface area contributed by atoms with Crippen LogP contribution in [0.4, 0.5) is 0 Å². The van der Waals surface area contributed by atoms with E-state index < -0.39 is 0 Å². The van der Waals surface area contributed by atoms with E-state index >= 15 is 0 Å². The van der Waals surface area contributed by atoms with E-state index in [-0.39, 0.29) is 5.78 Å². The SMILES string of the molecule is COc1ccc(C(=O)c2cc3cc(C)n(CC4CCOCC4)c3s2)cc1. The van der Waals surface area contributed by atoms with Gasteiger partial charge in [-0.05, 0) is 62.1 Å². The maximum atomic E-state index is 12.8. The highest BCUT2D eigenvalue weighted by atomic mass is 32.1. The summed E-state index contributed by atoms with van der Waals surface area (Å²) in [6, 6.07) is 11.5. The molecule has 0 amide bonds. The summed E-state index contributed by atoms with van der Waals surface area (Å²) < 4.78 is 13.0. The molecule has 2 aromatic heterocycles. The lowest BCUT2D eigenvalue weighted by atomic mass is 10.0. The highest BCUT2D eigenvalue weighted by Gasteiger charge is 2.20. The summed E-state index contributed by atoms with van der Waals surface area (Å²) in [6.45, 7) is 4.88. The highest BCUT2D eigenvalue weighted by Crippen LogP contribution is 2.32. The van der Waals surface area contributed by atoms with E-state index in [1.807, 2.05) is 30.3 Å². The van der Waals surface area contributed by atoms with E-state index in [2.05, 4.69) is 17.6 Å². The Morgan fingerprint density at radius 3 is 2.65 bits per heavy atom. The Balaban J connectivity index is 1.61. The van der Waals surface area contributed by atoms with Crippen molar-refractivity contribution in [2.24, 2.45) is 5.92 Å². The lowest BCUT2D eigenvalue weighted by Crippen LogP contribution is -2.20. The van der Waals surface area contributed by atoms with Gasteiger partial charge in [0.25, 0.3) is 0 Å². The fourth-order valence-corrected chi connectivity index (χ4v) is 4.75. The maximum absolute atomic E-state index is 12.8. The number of nitrogens with zero attached hydrogens (tertiary/aromatic N) is 1. The number of ketones is 1. The summed E-state index contributed by atoms with van der Waals surface area (Å²) >= 11 is 1.60. The smallest absolute Gasteiger partial charge is 0.203 e. The molecule has 4 rings (SSSR count). The van der Waals surface area contributed by atoms with Crippen LogP contribution in [0.3, 0.4) is 0 Å². The van der Waals surface area contributed by atoms with Gasteiger partial charge in [-0.3, -0.25) is 4.79 Å². The fourth-order valence-electron chi connectivity index (χ4n) is 3.58. The minimum Gasteiger partial charge on any atom is -0.497 e. The molecule has 0 spiro atoms. The lowest BCUT2D eigenvalue weighted by molar-refractivity contribution is 0.0615. The zero-order valence-corrected chi connectivity index (χ0v) is 16.0. The molecule has 0 radical (unpaired) electrons. The fraction of sp³-hybridized carbons (Fsp3) is 0.381. The Morgan fingerprint density at radius 2 is 1.96 bits per heavy atom. The third-order valence-corrected chi connectivity index (χ3v) is 6.31. The van der Waals surface area contributed by atoms with Crippen LogP contribution in [-0.4, -0.2) is 30.7 Å². The largest absolute Gasteiger partial charge is 0.497 e. The molecule has 3 aromatic rings. The summed E-state index contributed by atoms with van der Waals surface area (Å²) in [5.74, 6) is 1.49. The quantitative estimate of drug-likeness (QED) is 0.613. The zero-order chi connectivity index (χ0) is 18.1. The van der Waals surface area contributed by atoms with Crippen molar-refractivity contribution in [1.82, 2.24) is 4.57 Å². The van der Waals surface area contributed by atoms with Crippen LogP contribution in [0.15, 0.2) is 36.4 Å². The number of aromatic nitrogens is 1. The Kier molecular flexibility index (Phi) is 4.83. The van der Waals surface area contributed by atoms with Crippen molar-refractivity contribution in [3.63, 3.8) is 0 Å². The molecule has 1 aliphatic rings. The summed E-state index contributed by atoms with van der Waals surface area (Å²) in [5.41, 5.74) is 1.96. The van der Waals surface area contributed by atoms with Gasteiger partial charge in [-0.1, -0.05) is 0 Å². The molecule has 1 saturated heterocycles. The van der Waals surface area contributed by atoms with Crippen molar-refractivity contribution in [2.75, 3.05) is 20.3 Å². The maximum Gasteiger partial charge on any atom is 0.203 e. The first-order valence-electron chi connectivity index (χ1n) is 9.02. The number of ether oxygens (including phenoxy) is 2. The van der Waals surface area contributed by atoms with Gasteiger partial charge in [0.05, 0.1) is 12.0 Å². The predicted octanol–water partition coefficient (Wildman–Crippen LogP) is 4.68. The summed E-state index contributed by atoms with van der Waals surface area (Å²) in [6.07, 6.45) is 2.23. The van der Waals surface area contributed by atoms with Gasteiger partial charge >= 0.3 is 0 Å². The van der Waals surface area contributed by atoms with Crippen molar-refractivity contribution in [2.45, 2.75) is 26.3 Å². The monoisotopic (exact) mass is 369 g/mol. The standard InChI is InChI=1S/C21H23NO3S/c1-14-11-17-12-19(20(23)16-3-5-18(24-2)6-4-16)26-21(17)22(14)13-15-7-9-25-10-8-15/h3-6,11-12,15H,7-10,13H2,1-2H3. The number of rotatable bonds is 5. The van der Waals surface area contributed by atoms with Crippen LogP contribution in [0, 0.1) is 12.8 Å². The molecule has 0 saturated carbocycles. The molecular formula is C21H23NO3S. The Hall–Kier alpha value is -2.11. The predicted molar refractivity (Wildman–Crippen MR) is 105 cm³/mol. The number of carbonyl (C=O) groups is 1. The average molecular weight is 369 g/mol. The van der Waals surface area contributed by atoms with Gasteiger partial charge in [0.2, 0.25) is 5.78 Å². The minimum absolute atomic E-state index is 0.0733. The van der Waals surface area contributed by atoms with Crippen LogP contribution >= 0.6 is 11.3 Å². The molecule has 136 valence electrons. The molecule has 4 nitrogen and oxygen atoms in total. The van der Waals surface area contributed by atoms with Crippen molar-refractivity contribution in [1.29, 1.82) is 0 Å². The number of aryl methyl sites for hydroxylation is 1. The average Bonchev–Trinajstić information content (AvgIpc) is 3.21. The van der Waals surface area contributed by atoms with Gasteiger partial charge in [-0.25, -0.2) is 0 Å². The van der Waals surface area contributed by atoms with Gasteiger partial charge < -0.3 is 14.0 Å². The molecule has 1 aromatic carbocycles. The second kappa shape index (κ2) is 7.25. The van der Waals surface area contributed by atoms with E-state index in [9.17, 15) is 4.79 Å². The second-order valence-corrected chi connectivity index (χ2v) is 7.91. The highest BCUT2D eigenvalue weighted by molar-refractivity contribution is 7.20. The van der Waals surface area contributed by atoms with E-state index in [1.54, 1.807) is 18.4 Å². The molecule has 1 fully saturated rings. The summed E-state index contributed by atoms with van der Waals surface area (Å²) in [5, 5.41) is 1.16. The number of thiophene rings is 1. The first-order chi connectivity index (χ1) is 12.7. The third kappa shape index (κ3) is 3.29. The molecule has 0 N–H and O–H groups in total.